The zero-order chi connectivity index (χ0) is 11.8. The molecule has 0 atom stereocenters. The van der Waals surface area contributed by atoms with Crippen molar-refractivity contribution in [3.63, 3.8) is 0 Å². The van der Waals surface area contributed by atoms with Crippen molar-refractivity contribution in [2.45, 2.75) is 33.5 Å². The van der Waals surface area contributed by atoms with E-state index in [2.05, 4.69) is 0 Å². The topological polar surface area (TPSA) is 69.7 Å². The Morgan fingerprint density at radius 3 is 1.93 bits per heavy atom. The average Bonchev–Trinajstić information content (AvgIpc) is 1.99. The summed E-state index contributed by atoms with van der Waals surface area (Å²) in [4.78, 5) is 34.4. The first kappa shape index (κ1) is 11.7. The normalized spacial score (nSPS) is 21.1. The first-order chi connectivity index (χ1) is 6.74. The van der Waals surface area contributed by atoms with Gasteiger partial charge in [0, 0.05) is 19.8 Å². The number of carbonyl (C=O) groups excluding carboxylic acids is 3. The van der Waals surface area contributed by atoms with E-state index in [-0.39, 0.29) is 0 Å². The van der Waals surface area contributed by atoms with Crippen LogP contribution in [0.25, 0.3) is 0 Å². The van der Waals surface area contributed by atoms with Crippen molar-refractivity contribution in [3.05, 3.63) is 0 Å². The van der Waals surface area contributed by atoms with Crippen LogP contribution in [0.1, 0.15) is 27.7 Å². The fourth-order valence-electron chi connectivity index (χ4n) is 1.29. The highest BCUT2D eigenvalue weighted by molar-refractivity contribution is 6.16. The zero-order valence-electron chi connectivity index (χ0n) is 9.20. The molecule has 0 unspecified atom stereocenters. The van der Waals surface area contributed by atoms with Crippen LogP contribution < -0.4 is 0 Å². The number of cyclic esters (lactones) is 2. The second-order valence-electron chi connectivity index (χ2n) is 4.23. The van der Waals surface area contributed by atoms with E-state index in [1.165, 1.54) is 13.8 Å². The summed E-state index contributed by atoms with van der Waals surface area (Å²) in [6.45, 7) is 6.11. The van der Waals surface area contributed by atoms with Crippen molar-refractivity contribution in [3.8, 4) is 0 Å². The van der Waals surface area contributed by atoms with Gasteiger partial charge in [0.25, 0.3) is 5.79 Å². The van der Waals surface area contributed by atoms with E-state index in [0.717, 1.165) is 0 Å². The lowest BCUT2D eigenvalue weighted by atomic mass is 9.94. The lowest BCUT2D eigenvalue weighted by Gasteiger charge is -2.32. The van der Waals surface area contributed by atoms with Crippen LogP contribution in [0.2, 0.25) is 0 Å². The van der Waals surface area contributed by atoms with Crippen molar-refractivity contribution in [1.82, 2.24) is 0 Å². The third-order valence-electron chi connectivity index (χ3n) is 2.02. The predicted molar refractivity (Wildman–Crippen MR) is 49.6 cm³/mol. The molecule has 0 saturated carbocycles. The Morgan fingerprint density at radius 2 is 1.60 bits per heavy atom. The van der Waals surface area contributed by atoms with Crippen molar-refractivity contribution in [1.29, 1.82) is 0 Å². The van der Waals surface area contributed by atoms with Crippen LogP contribution in [0.3, 0.4) is 0 Å². The van der Waals surface area contributed by atoms with Gasteiger partial charge in [-0.3, -0.25) is 14.4 Å². The molecule has 1 fully saturated rings. The van der Waals surface area contributed by atoms with E-state index in [1.807, 2.05) is 0 Å². The molecule has 0 aromatic rings. The van der Waals surface area contributed by atoms with Gasteiger partial charge in [0.05, 0.1) is 0 Å². The van der Waals surface area contributed by atoms with Gasteiger partial charge in [0.15, 0.2) is 5.78 Å². The van der Waals surface area contributed by atoms with Gasteiger partial charge in [-0.05, 0) is 0 Å². The number of carbonyl (C=O) groups is 3. The molecule has 15 heavy (non-hydrogen) atoms. The Balaban J connectivity index is 2.89. The zero-order valence-corrected chi connectivity index (χ0v) is 9.20. The maximum Gasteiger partial charge on any atom is 0.331 e. The molecule has 0 spiro atoms. The van der Waals surface area contributed by atoms with Gasteiger partial charge in [0.2, 0.25) is 5.92 Å². The molecule has 1 aliphatic heterocycles. The fourth-order valence-corrected chi connectivity index (χ4v) is 1.29. The number of Topliss-reactive ketones (excluding diaryl/α,β-unsaturated/α-hetero) is 1. The molecule has 1 saturated heterocycles. The fraction of sp³-hybridized carbons (Fsp3) is 0.700. The highest BCUT2D eigenvalue weighted by Crippen LogP contribution is 2.25. The molecule has 5 heteroatoms. The first-order valence-corrected chi connectivity index (χ1v) is 4.74. The minimum atomic E-state index is -1.42. The summed E-state index contributed by atoms with van der Waals surface area (Å²) in [5, 5.41) is 0. The van der Waals surface area contributed by atoms with Gasteiger partial charge >= 0.3 is 11.9 Å². The molecule has 1 heterocycles. The van der Waals surface area contributed by atoms with Crippen molar-refractivity contribution < 1.29 is 23.9 Å². The van der Waals surface area contributed by atoms with Crippen LogP contribution in [-0.2, 0) is 23.9 Å². The summed E-state index contributed by atoms with van der Waals surface area (Å²) < 4.78 is 9.65. The second-order valence-corrected chi connectivity index (χ2v) is 4.23. The molecular formula is C10H14O5. The third kappa shape index (κ3) is 2.34. The molecule has 1 rings (SSSR count). The largest absolute Gasteiger partial charge is 0.422 e. The summed E-state index contributed by atoms with van der Waals surface area (Å²) in [6, 6.07) is 0. The number of ketones is 1. The molecule has 84 valence electrons. The summed E-state index contributed by atoms with van der Waals surface area (Å²) in [7, 11) is 0. The maximum absolute atomic E-state index is 11.5. The van der Waals surface area contributed by atoms with Crippen LogP contribution in [-0.4, -0.2) is 23.5 Å². The highest BCUT2D eigenvalue weighted by Gasteiger charge is 2.47. The molecule has 0 aromatic heterocycles. The number of rotatable bonds is 2. The second kappa shape index (κ2) is 3.64. The standard InChI is InChI=1S/C10H14O5/c1-5(2)7(11)6-8(12)14-10(3,4)15-9(6)13/h5-6H,1-4H3. The van der Waals surface area contributed by atoms with Crippen LogP contribution in [0.5, 0.6) is 0 Å². The molecule has 5 nitrogen and oxygen atoms in total. The molecule has 0 amide bonds. The van der Waals surface area contributed by atoms with Gasteiger partial charge in [-0.1, -0.05) is 13.8 Å². The SMILES string of the molecule is CC(C)C(=O)C1C(=O)OC(C)(C)OC1=O. The quantitative estimate of drug-likeness (QED) is 0.499. The molecule has 0 aromatic carbocycles. The van der Waals surface area contributed by atoms with Gasteiger partial charge < -0.3 is 9.47 Å². The van der Waals surface area contributed by atoms with E-state index in [1.54, 1.807) is 13.8 Å². The van der Waals surface area contributed by atoms with Crippen molar-refractivity contribution in [2.75, 3.05) is 0 Å². The lowest BCUT2D eigenvalue weighted by Crippen LogP contribution is -2.49. The van der Waals surface area contributed by atoms with E-state index in [0.29, 0.717) is 0 Å². The van der Waals surface area contributed by atoms with Crippen LogP contribution in [0.15, 0.2) is 0 Å². The Kier molecular flexibility index (Phi) is 2.83. The Bertz CT molecular complexity index is 296. The Labute approximate surface area is 87.7 Å². The maximum atomic E-state index is 11.5. The van der Waals surface area contributed by atoms with Crippen molar-refractivity contribution in [2.24, 2.45) is 11.8 Å². The smallest absolute Gasteiger partial charge is 0.331 e. The van der Waals surface area contributed by atoms with Gasteiger partial charge in [-0.15, -0.1) is 0 Å². The summed E-state index contributed by atoms with van der Waals surface area (Å²) in [6.07, 6.45) is 0. The molecule has 0 radical (unpaired) electrons. The molecule has 0 bridgehead atoms. The minimum Gasteiger partial charge on any atom is -0.422 e. The summed E-state index contributed by atoms with van der Waals surface area (Å²) >= 11 is 0. The highest BCUT2D eigenvalue weighted by atomic mass is 16.7. The molecule has 0 N–H and O–H groups in total. The van der Waals surface area contributed by atoms with Crippen molar-refractivity contribution >= 4 is 17.7 Å². The molecular weight excluding hydrogens is 200 g/mol. The first-order valence-electron chi connectivity index (χ1n) is 4.74. The van der Waals surface area contributed by atoms with Crippen LogP contribution >= 0.6 is 0 Å². The number of ether oxygens (including phenoxy) is 2. The predicted octanol–water partition coefficient (Wildman–Crippen LogP) is 0.664. The van der Waals surface area contributed by atoms with Crippen LogP contribution in [0, 0.1) is 11.8 Å². The Hall–Kier alpha value is -1.39. The van der Waals surface area contributed by atoms with Gasteiger partial charge in [0.1, 0.15) is 0 Å². The van der Waals surface area contributed by atoms with E-state index in [9.17, 15) is 14.4 Å². The summed E-state index contributed by atoms with van der Waals surface area (Å²) in [5.41, 5.74) is 0. The van der Waals surface area contributed by atoms with Gasteiger partial charge in [-0.25, -0.2) is 0 Å². The third-order valence-corrected chi connectivity index (χ3v) is 2.02. The van der Waals surface area contributed by atoms with Crippen LogP contribution in [0.4, 0.5) is 0 Å². The average molecular weight is 214 g/mol. The van der Waals surface area contributed by atoms with E-state index >= 15 is 0 Å². The monoisotopic (exact) mass is 214 g/mol. The number of hydrogen-bond donors (Lipinski definition) is 0. The van der Waals surface area contributed by atoms with E-state index < -0.39 is 35.3 Å². The molecule has 0 aliphatic carbocycles. The number of hydrogen-bond acceptors (Lipinski definition) is 5. The molecule has 1 aliphatic rings. The number of esters is 2. The Morgan fingerprint density at radius 1 is 1.20 bits per heavy atom. The summed E-state index contributed by atoms with van der Waals surface area (Å²) in [5.74, 6) is -5.22. The lowest BCUT2D eigenvalue weighted by molar-refractivity contribution is -0.238. The van der Waals surface area contributed by atoms with E-state index in [4.69, 9.17) is 9.47 Å². The van der Waals surface area contributed by atoms with Gasteiger partial charge in [-0.2, -0.15) is 0 Å². The minimum absolute atomic E-state index is 0.406.